The van der Waals surface area contributed by atoms with E-state index in [1.54, 1.807) is 0 Å². The van der Waals surface area contributed by atoms with Crippen molar-refractivity contribution in [2.75, 3.05) is 33.0 Å². The molecule has 0 aliphatic carbocycles. The monoisotopic (exact) mass is 382 g/mol. The van der Waals surface area contributed by atoms with Crippen LogP contribution in [0.25, 0.3) is 0 Å². The first-order valence-electron chi connectivity index (χ1n) is 10.3. The van der Waals surface area contributed by atoms with Gasteiger partial charge >= 0.3 is 0 Å². The maximum absolute atomic E-state index is 5.93. The predicted molar refractivity (Wildman–Crippen MR) is 110 cm³/mol. The summed E-state index contributed by atoms with van der Waals surface area (Å²) in [4.78, 5) is 2.52. The Hall–Kier alpha value is -2.24. The average molecular weight is 383 g/mol. The van der Waals surface area contributed by atoms with Crippen LogP contribution < -0.4 is 19.5 Å². The summed E-state index contributed by atoms with van der Waals surface area (Å²) in [5.74, 6) is 3.43. The van der Waals surface area contributed by atoms with Crippen LogP contribution in [0.2, 0.25) is 0 Å². The van der Waals surface area contributed by atoms with Gasteiger partial charge < -0.3 is 19.5 Å². The highest BCUT2D eigenvalue weighted by atomic mass is 16.7. The first-order chi connectivity index (χ1) is 13.8. The summed E-state index contributed by atoms with van der Waals surface area (Å²) >= 11 is 0. The third-order valence-corrected chi connectivity index (χ3v) is 5.44. The van der Waals surface area contributed by atoms with Crippen LogP contribution in [0.15, 0.2) is 42.5 Å². The number of piperidine rings is 1. The van der Waals surface area contributed by atoms with Crippen LogP contribution in [0, 0.1) is 5.92 Å². The second kappa shape index (κ2) is 9.30. The van der Waals surface area contributed by atoms with Crippen molar-refractivity contribution in [1.82, 2.24) is 10.2 Å². The van der Waals surface area contributed by atoms with E-state index in [0.29, 0.717) is 6.79 Å². The fourth-order valence-electron chi connectivity index (χ4n) is 3.89. The van der Waals surface area contributed by atoms with E-state index in [1.165, 1.54) is 37.1 Å². The first-order valence-corrected chi connectivity index (χ1v) is 10.3. The molecule has 150 valence electrons. The van der Waals surface area contributed by atoms with Gasteiger partial charge in [-0.05, 0) is 60.7 Å². The Bertz CT molecular complexity index is 763. The van der Waals surface area contributed by atoms with Gasteiger partial charge in [0.1, 0.15) is 12.4 Å². The zero-order valence-electron chi connectivity index (χ0n) is 16.7. The molecule has 5 heteroatoms. The van der Waals surface area contributed by atoms with Crippen molar-refractivity contribution in [2.24, 2.45) is 5.92 Å². The Morgan fingerprint density at radius 2 is 1.82 bits per heavy atom. The second-order valence-electron chi connectivity index (χ2n) is 7.83. The summed E-state index contributed by atoms with van der Waals surface area (Å²) in [5, 5.41) is 3.48. The number of nitrogens with one attached hydrogen (secondary N) is 1. The Balaban J connectivity index is 1.17. The number of benzene rings is 2. The van der Waals surface area contributed by atoms with E-state index >= 15 is 0 Å². The van der Waals surface area contributed by atoms with Crippen molar-refractivity contribution in [1.29, 1.82) is 0 Å². The number of hydrogen-bond donors (Lipinski definition) is 1. The molecule has 1 atom stereocenters. The molecule has 0 bridgehead atoms. The smallest absolute Gasteiger partial charge is 0.231 e. The van der Waals surface area contributed by atoms with Gasteiger partial charge in [-0.3, -0.25) is 4.90 Å². The Labute approximate surface area is 167 Å². The van der Waals surface area contributed by atoms with E-state index in [1.807, 2.05) is 12.1 Å². The van der Waals surface area contributed by atoms with Crippen LogP contribution in [0.3, 0.4) is 0 Å². The van der Waals surface area contributed by atoms with E-state index in [-0.39, 0.29) is 0 Å². The SMILES string of the molecule is C[C@H]1CCCN(CCOc2ccc(CNCc3ccc4c(c3)OCO4)cc2)C1. The van der Waals surface area contributed by atoms with Crippen molar-refractivity contribution in [3.63, 3.8) is 0 Å². The number of nitrogens with zero attached hydrogens (tertiary/aromatic N) is 1. The molecular formula is C23H30N2O3. The van der Waals surface area contributed by atoms with E-state index in [2.05, 4.69) is 47.5 Å². The normalized spacial score (nSPS) is 19.0. The molecule has 0 aromatic heterocycles. The summed E-state index contributed by atoms with van der Waals surface area (Å²) in [7, 11) is 0. The lowest BCUT2D eigenvalue weighted by Crippen LogP contribution is -2.37. The molecule has 2 aromatic carbocycles. The number of likely N-dealkylation sites (tertiary alicyclic amines) is 1. The maximum Gasteiger partial charge on any atom is 0.231 e. The maximum atomic E-state index is 5.93. The molecule has 0 spiro atoms. The van der Waals surface area contributed by atoms with Gasteiger partial charge in [0.25, 0.3) is 0 Å². The molecule has 1 N–H and O–H groups in total. The summed E-state index contributed by atoms with van der Waals surface area (Å²) in [6.07, 6.45) is 2.68. The minimum atomic E-state index is 0.317. The van der Waals surface area contributed by atoms with Gasteiger partial charge in [0.05, 0.1) is 0 Å². The third kappa shape index (κ3) is 5.18. The standard InChI is InChI=1S/C23H30N2O3/c1-18-3-2-10-25(16-18)11-12-26-21-7-4-19(5-8-21)14-24-15-20-6-9-22-23(13-20)28-17-27-22/h4-9,13,18,24H,2-3,10-12,14-17H2,1H3/t18-/m0/s1. The second-order valence-corrected chi connectivity index (χ2v) is 7.83. The van der Waals surface area contributed by atoms with Crippen molar-refractivity contribution in [3.05, 3.63) is 53.6 Å². The number of ether oxygens (including phenoxy) is 3. The van der Waals surface area contributed by atoms with Crippen LogP contribution in [0.4, 0.5) is 0 Å². The Kier molecular flexibility index (Phi) is 6.34. The minimum absolute atomic E-state index is 0.317. The Morgan fingerprint density at radius 3 is 2.68 bits per heavy atom. The van der Waals surface area contributed by atoms with Gasteiger partial charge in [0, 0.05) is 26.2 Å². The molecule has 5 nitrogen and oxygen atoms in total. The first kappa shape index (κ1) is 19.1. The van der Waals surface area contributed by atoms with Gasteiger partial charge in [0.15, 0.2) is 11.5 Å². The van der Waals surface area contributed by atoms with Crippen LogP contribution in [-0.4, -0.2) is 37.9 Å². The molecule has 0 radical (unpaired) electrons. The van der Waals surface area contributed by atoms with Gasteiger partial charge in [-0.15, -0.1) is 0 Å². The topological polar surface area (TPSA) is 43.0 Å². The molecular weight excluding hydrogens is 352 g/mol. The van der Waals surface area contributed by atoms with Crippen molar-refractivity contribution >= 4 is 0 Å². The largest absolute Gasteiger partial charge is 0.492 e. The van der Waals surface area contributed by atoms with E-state index in [4.69, 9.17) is 14.2 Å². The summed E-state index contributed by atoms with van der Waals surface area (Å²) in [5.41, 5.74) is 2.44. The molecule has 2 heterocycles. The summed E-state index contributed by atoms with van der Waals surface area (Å²) in [6.45, 7) is 8.46. The predicted octanol–water partition coefficient (Wildman–Crippen LogP) is 3.82. The van der Waals surface area contributed by atoms with E-state index in [9.17, 15) is 0 Å². The molecule has 2 aliphatic heterocycles. The van der Waals surface area contributed by atoms with E-state index in [0.717, 1.165) is 49.4 Å². The molecule has 4 rings (SSSR count). The third-order valence-electron chi connectivity index (χ3n) is 5.44. The highest BCUT2D eigenvalue weighted by Gasteiger charge is 2.15. The summed E-state index contributed by atoms with van der Waals surface area (Å²) in [6, 6.07) is 14.5. The van der Waals surface area contributed by atoms with Gasteiger partial charge in [-0.25, -0.2) is 0 Å². The fraction of sp³-hybridized carbons (Fsp3) is 0.478. The zero-order valence-corrected chi connectivity index (χ0v) is 16.7. The fourth-order valence-corrected chi connectivity index (χ4v) is 3.89. The average Bonchev–Trinajstić information content (AvgIpc) is 3.17. The lowest BCUT2D eigenvalue weighted by molar-refractivity contribution is 0.153. The molecule has 1 saturated heterocycles. The molecule has 1 fully saturated rings. The number of fused-ring (bicyclic) bond motifs is 1. The molecule has 0 saturated carbocycles. The number of rotatable bonds is 8. The van der Waals surface area contributed by atoms with Gasteiger partial charge in [-0.1, -0.05) is 25.1 Å². The quantitative estimate of drug-likeness (QED) is 0.752. The van der Waals surface area contributed by atoms with Crippen molar-refractivity contribution in [2.45, 2.75) is 32.9 Å². The van der Waals surface area contributed by atoms with Crippen LogP contribution in [0.5, 0.6) is 17.2 Å². The molecule has 28 heavy (non-hydrogen) atoms. The molecule has 2 aromatic rings. The lowest BCUT2D eigenvalue weighted by atomic mass is 10.0. The molecule has 2 aliphatic rings. The minimum Gasteiger partial charge on any atom is -0.492 e. The van der Waals surface area contributed by atoms with Gasteiger partial charge in [0.2, 0.25) is 6.79 Å². The van der Waals surface area contributed by atoms with Crippen LogP contribution in [-0.2, 0) is 13.1 Å². The highest BCUT2D eigenvalue weighted by molar-refractivity contribution is 5.44. The van der Waals surface area contributed by atoms with Crippen molar-refractivity contribution < 1.29 is 14.2 Å². The Morgan fingerprint density at radius 1 is 1.04 bits per heavy atom. The van der Waals surface area contributed by atoms with E-state index < -0.39 is 0 Å². The number of hydrogen-bond acceptors (Lipinski definition) is 5. The zero-order chi connectivity index (χ0) is 19.2. The van der Waals surface area contributed by atoms with Crippen molar-refractivity contribution in [3.8, 4) is 17.2 Å². The van der Waals surface area contributed by atoms with Gasteiger partial charge in [-0.2, -0.15) is 0 Å². The van der Waals surface area contributed by atoms with Crippen LogP contribution >= 0.6 is 0 Å². The molecule has 0 amide bonds. The molecule has 0 unspecified atom stereocenters. The summed E-state index contributed by atoms with van der Waals surface area (Å²) < 4.78 is 16.7. The lowest BCUT2D eigenvalue weighted by Gasteiger charge is -2.30. The highest BCUT2D eigenvalue weighted by Crippen LogP contribution is 2.32. The van der Waals surface area contributed by atoms with Crippen LogP contribution in [0.1, 0.15) is 30.9 Å².